The van der Waals surface area contributed by atoms with E-state index in [0.717, 1.165) is 35.7 Å². The van der Waals surface area contributed by atoms with Gasteiger partial charge in [0.2, 0.25) is 0 Å². The Labute approximate surface area is 128 Å². The van der Waals surface area contributed by atoms with Crippen LogP contribution >= 0.6 is 0 Å². The second-order valence-corrected chi connectivity index (χ2v) is 5.36. The second kappa shape index (κ2) is 4.87. The highest BCUT2D eigenvalue weighted by Crippen LogP contribution is 2.33. The molecule has 0 unspecified atom stereocenters. The largest absolute Gasteiger partial charge is 0.495 e. The zero-order valence-corrected chi connectivity index (χ0v) is 12.3. The number of fused-ring (bicyclic) bond motifs is 3. The first-order valence-electron chi connectivity index (χ1n) is 7.23. The molecule has 5 nitrogen and oxygen atoms in total. The standard InChI is InChI=1S/C17H16N4O/c1-22-15-7-6-12(10-14(15)18)16-19-20-17-13-5-3-2-4-11(13)8-9-21(16)17/h2-7,10H,8-9,18H2,1H3. The number of benzene rings is 2. The Morgan fingerprint density at radius 1 is 1.09 bits per heavy atom. The number of ether oxygens (including phenoxy) is 1. The van der Waals surface area contributed by atoms with Crippen LogP contribution in [0.25, 0.3) is 22.8 Å². The number of nitrogen functional groups attached to an aromatic ring is 1. The molecule has 0 aliphatic carbocycles. The molecule has 1 aromatic heterocycles. The average molecular weight is 292 g/mol. The maximum Gasteiger partial charge on any atom is 0.164 e. The fraction of sp³-hybridized carbons (Fsp3) is 0.176. The minimum absolute atomic E-state index is 0.605. The Morgan fingerprint density at radius 2 is 1.91 bits per heavy atom. The molecule has 0 bridgehead atoms. The number of nitrogens with two attached hydrogens (primary N) is 1. The van der Waals surface area contributed by atoms with E-state index in [1.807, 2.05) is 24.3 Å². The van der Waals surface area contributed by atoms with Gasteiger partial charge < -0.3 is 15.0 Å². The predicted octanol–water partition coefficient (Wildman–Crippen LogP) is 2.76. The van der Waals surface area contributed by atoms with E-state index in [1.165, 1.54) is 5.56 Å². The number of anilines is 1. The summed E-state index contributed by atoms with van der Waals surface area (Å²) in [4.78, 5) is 0. The Kier molecular flexibility index (Phi) is 2.85. The number of hydrogen-bond acceptors (Lipinski definition) is 4. The number of nitrogens with zero attached hydrogens (tertiary/aromatic N) is 3. The van der Waals surface area contributed by atoms with Gasteiger partial charge in [0.25, 0.3) is 0 Å². The van der Waals surface area contributed by atoms with Crippen LogP contribution in [-0.4, -0.2) is 21.9 Å². The summed E-state index contributed by atoms with van der Waals surface area (Å²) in [6.45, 7) is 0.876. The van der Waals surface area contributed by atoms with Crippen molar-refractivity contribution < 1.29 is 4.74 Å². The van der Waals surface area contributed by atoms with Crippen molar-refractivity contribution in [1.29, 1.82) is 0 Å². The third-order valence-electron chi connectivity index (χ3n) is 4.10. The summed E-state index contributed by atoms with van der Waals surface area (Å²) < 4.78 is 7.36. The molecule has 0 fully saturated rings. The molecule has 4 rings (SSSR count). The van der Waals surface area contributed by atoms with Gasteiger partial charge in [-0.3, -0.25) is 0 Å². The molecule has 0 spiro atoms. The molecule has 0 saturated heterocycles. The summed E-state index contributed by atoms with van der Waals surface area (Å²) in [5.74, 6) is 2.44. The van der Waals surface area contributed by atoms with Crippen molar-refractivity contribution in [3.8, 4) is 28.5 Å². The lowest BCUT2D eigenvalue weighted by Crippen LogP contribution is -2.12. The van der Waals surface area contributed by atoms with Gasteiger partial charge >= 0.3 is 0 Å². The number of aryl methyl sites for hydroxylation is 1. The minimum Gasteiger partial charge on any atom is -0.495 e. The van der Waals surface area contributed by atoms with E-state index < -0.39 is 0 Å². The molecular formula is C17H16N4O. The van der Waals surface area contributed by atoms with Gasteiger partial charge in [-0.1, -0.05) is 24.3 Å². The summed E-state index contributed by atoms with van der Waals surface area (Å²) in [6.07, 6.45) is 0.986. The van der Waals surface area contributed by atoms with Gasteiger partial charge in [-0.25, -0.2) is 0 Å². The van der Waals surface area contributed by atoms with E-state index in [-0.39, 0.29) is 0 Å². The maximum absolute atomic E-state index is 6.01. The van der Waals surface area contributed by atoms with Gasteiger partial charge in [0.15, 0.2) is 11.6 Å². The lowest BCUT2D eigenvalue weighted by atomic mass is 10.0. The smallest absolute Gasteiger partial charge is 0.164 e. The van der Waals surface area contributed by atoms with Gasteiger partial charge in [-0.2, -0.15) is 0 Å². The number of hydrogen-bond donors (Lipinski definition) is 1. The normalized spacial score (nSPS) is 12.6. The average Bonchev–Trinajstić information content (AvgIpc) is 2.99. The highest BCUT2D eigenvalue weighted by atomic mass is 16.5. The Morgan fingerprint density at radius 3 is 2.73 bits per heavy atom. The first-order chi connectivity index (χ1) is 10.8. The number of aromatic nitrogens is 3. The molecule has 0 radical (unpaired) electrons. The van der Waals surface area contributed by atoms with Crippen LogP contribution < -0.4 is 10.5 Å². The molecule has 0 atom stereocenters. The first-order valence-corrected chi connectivity index (χ1v) is 7.23. The molecule has 2 heterocycles. The summed E-state index contributed by atoms with van der Waals surface area (Å²) in [7, 11) is 1.61. The van der Waals surface area contributed by atoms with Crippen molar-refractivity contribution in [1.82, 2.24) is 14.8 Å². The Balaban J connectivity index is 1.84. The van der Waals surface area contributed by atoms with Crippen LogP contribution in [0.5, 0.6) is 5.75 Å². The third-order valence-corrected chi connectivity index (χ3v) is 4.10. The fourth-order valence-electron chi connectivity index (χ4n) is 2.99. The molecular weight excluding hydrogens is 276 g/mol. The topological polar surface area (TPSA) is 66.0 Å². The van der Waals surface area contributed by atoms with Crippen LogP contribution in [0.4, 0.5) is 5.69 Å². The quantitative estimate of drug-likeness (QED) is 0.738. The SMILES string of the molecule is COc1ccc(-c2nnc3n2CCc2ccccc2-3)cc1N. The summed E-state index contributed by atoms with van der Waals surface area (Å²) in [6, 6.07) is 14.1. The molecule has 5 heteroatoms. The van der Waals surface area contributed by atoms with Gasteiger partial charge in [-0.05, 0) is 30.2 Å². The number of methoxy groups -OCH3 is 1. The first kappa shape index (κ1) is 12.9. The molecule has 1 aliphatic rings. The van der Waals surface area contributed by atoms with Crippen molar-refractivity contribution in [3.05, 3.63) is 48.0 Å². The zero-order valence-electron chi connectivity index (χ0n) is 12.3. The van der Waals surface area contributed by atoms with Crippen LogP contribution in [0.1, 0.15) is 5.56 Å². The van der Waals surface area contributed by atoms with Crippen molar-refractivity contribution in [2.75, 3.05) is 12.8 Å². The molecule has 1 aliphatic heterocycles. The molecule has 0 amide bonds. The van der Waals surface area contributed by atoms with Gasteiger partial charge in [0.05, 0.1) is 12.8 Å². The van der Waals surface area contributed by atoms with E-state index >= 15 is 0 Å². The van der Waals surface area contributed by atoms with Crippen molar-refractivity contribution in [2.45, 2.75) is 13.0 Å². The Hall–Kier alpha value is -2.82. The molecule has 2 N–H and O–H groups in total. The summed E-state index contributed by atoms with van der Waals surface area (Å²) in [5.41, 5.74) is 10.1. The lowest BCUT2D eigenvalue weighted by molar-refractivity contribution is 0.417. The highest BCUT2D eigenvalue weighted by Gasteiger charge is 2.21. The van der Waals surface area contributed by atoms with E-state index in [4.69, 9.17) is 10.5 Å². The molecule has 0 saturated carbocycles. The minimum atomic E-state index is 0.605. The van der Waals surface area contributed by atoms with E-state index in [0.29, 0.717) is 11.4 Å². The van der Waals surface area contributed by atoms with Gasteiger partial charge in [0, 0.05) is 17.7 Å². The van der Waals surface area contributed by atoms with Crippen LogP contribution in [0, 0.1) is 0 Å². The van der Waals surface area contributed by atoms with E-state index in [1.54, 1.807) is 7.11 Å². The second-order valence-electron chi connectivity index (χ2n) is 5.36. The summed E-state index contributed by atoms with van der Waals surface area (Å²) >= 11 is 0. The number of rotatable bonds is 2. The molecule has 2 aromatic carbocycles. The van der Waals surface area contributed by atoms with Crippen molar-refractivity contribution in [2.24, 2.45) is 0 Å². The van der Waals surface area contributed by atoms with E-state index in [9.17, 15) is 0 Å². The maximum atomic E-state index is 6.01. The van der Waals surface area contributed by atoms with Crippen LogP contribution in [0.2, 0.25) is 0 Å². The van der Waals surface area contributed by atoms with Gasteiger partial charge in [0.1, 0.15) is 5.75 Å². The van der Waals surface area contributed by atoms with Crippen molar-refractivity contribution >= 4 is 5.69 Å². The van der Waals surface area contributed by atoms with Crippen LogP contribution in [-0.2, 0) is 13.0 Å². The fourth-order valence-corrected chi connectivity index (χ4v) is 2.99. The van der Waals surface area contributed by atoms with Crippen LogP contribution in [0.3, 0.4) is 0 Å². The summed E-state index contributed by atoms with van der Waals surface area (Å²) in [5, 5.41) is 8.77. The molecule has 110 valence electrons. The molecule has 22 heavy (non-hydrogen) atoms. The van der Waals surface area contributed by atoms with E-state index in [2.05, 4.69) is 33.0 Å². The monoisotopic (exact) mass is 292 g/mol. The zero-order chi connectivity index (χ0) is 15.1. The van der Waals surface area contributed by atoms with Crippen molar-refractivity contribution in [3.63, 3.8) is 0 Å². The lowest BCUT2D eigenvalue weighted by Gasteiger charge is -2.18. The third kappa shape index (κ3) is 1.86. The Bertz CT molecular complexity index is 854. The highest BCUT2D eigenvalue weighted by molar-refractivity contribution is 5.70. The van der Waals surface area contributed by atoms with Gasteiger partial charge in [-0.15, -0.1) is 10.2 Å². The van der Waals surface area contributed by atoms with Crippen LogP contribution in [0.15, 0.2) is 42.5 Å². The molecule has 3 aromatic rings. The predicted molar refractivity (Wildman–Crippen MR) is 85.6 cm³/mol.